The molecule has 1 aromatic carbocycles. The van der Waals surface area contributed by atoms with Crippen molar-refractivity contribution in [1.29, 1.82) is 0 Å². The van der Waals surface area contributed by atoms with Crippen LogP contribution in [0.5, 0.6) is 0 Å². The second-order valence-corrected chi connectivity index (χ2v) is 4.32. The molecular formula is C16H16N2O4. The molecular weight excluding hydrogens is 284 g/mol. The third-order valence-corrected chi connectivity index (χ3v) is 2.70. The minimum atomic E-state index is -0.568. The smallest absolute Gasteiger partial charge is 0.411 e. The molecule has 0 saturated carbocycles. The summed E-state index contributed by atoms with van der Waals surface area (Å²) < 4.78 is 9.95. The zero-order chi connectivity index (χ0) is 15.8. The average Bonchev–Trinajstić information content (AvgIpc) is 2.54. The predicted octanol–water partition coefficient (Wildman–Crippen LogP) is 3.01. The van der Waals surface area contributed by atoms with Crippen LogP contribution in [0.1, 0.15) is 23.0 Å². The third kappa shape index (κ3) is 4.59. The molecule has 1 heterocycles. The van der Waals surface area contributed by atoms with Gasteiger partial charge in [0, 0.05) is 11.9 Å². The van der Waals surface area contributed by atoms with Crippen LogP contribution in [-0.4, -0.2) is 23.7 Å². The molecule has 1 N–H and O–H groups in total. The molecule has 22 heavy (non-hydrogen) atoms. The average molecular weight is 300 g/mol. The van der Waals surface area contributed by atoms with E-state index in [-0.39, 0.29) is 13.2 Å². The maximum atomic E-state index is 12.0. The first-order chi connectivity index (χ1) is 10.7. The molecule has 6 heteroatoms. The van der Waals surface area contributed by atoms with Crippen LogP contribution < -0.4 is 5.32 Å². The number of rotatable bonds is 5. The van der Waals surface area contributed by atoms with Gasteiger partial charge in [-0.15, -0.1) is 0 Å². The molecule has 6 nitrogen and oxygen atoms in total. The van der Waals surface area contributed by atoms with Crippen molar-refractivity contribution in [1.82, 2.24) is 4.98 Å². The highest BCUT2D eigenvalue weighted by Crippen LogP contribution is 2.13. The fourth-order valence-electron chi connectivity index (χ4n) is 1.72. The number of hydrogen-bond acceptors (Lipinski definition) is 5. The van der Waals surface area contributed by atoms with Gasteiger partial charge in [-0.25, -0.2) is 9.59 Å². The second-order valence-electron chi connectivity index (χ2n) is 4.32. The van der Waals surface area contributed by atoms with Gasteiger partial charge in [0.15, 0.2) is 0 Å². The number of carbonyl (C=O) groups excluding carboxylic acids is 2. The van der Waals surface area contributed by atoms with E-state index in [1.54, 1.807) is 43.5 Å². The van der Waals surface area contributed by atoms with Crippen molar-refractivity contribution in [2.75, 3.05) is 11.9 Å². The van der Waals surface area contributed by atoms with Gasteiger partial charge < -0.3 is 9.47 Å². The van der Waals surface area contributed by atoms with E-state index >= 15 is 0 Å². The Morgan fingerprint density at radius 1 is 1.14 bits per heavy atom. The van der Waals surface area contributed by atoms with Crippen molar-refractivity contribution in [3.05, 3.63) is 59.9 Å². The Morgan fingerprint density at radius 3 is 2.73 bits per heavy atom. The van der Waals surface area contributed by atoms with E-state index in [0.717, 1.165) is 0 Å². The molecule has 0 aliphatic rings. The molecule has 114 valence electrons. The van der Waals surface area contributed by atoms with E-state index < -0.39 is 12.1 Å². The van der Waals surface area contributed by atoms with Crippen LogP contribution >= 0.6 is 0 Å². The van der Waals surface area contributed by atoms with Crippen molar-refractivity contribution >= 4 is 17.7 Å². The zero-order valence-corrected chi connectivity index (χ0v) is 12.1. The summed E-state index contributed by atoms with van der Waals surface area (Å²) in [5.41, 5.74) is 1.47. The molecule has 0 fully saturated rings. The van der Waals surface area contributed by atoms with Crippen molar-refractivity contribution in [3.8, 4) is 0 Å². The molecule has 0 unspecified atom stereocenters. The number of hydrogen-bond donors (Lipinski definition) is 1. The Morgan fingerprint density at radius 2 is 2.00 bits per heavy atom. The van der Waals surface area contributed by atoms with Gasteiger partial charge in [0.1, 0.15) is 6.61 Å². The fraction of sp³-hybridized carbons (Fsp3) is 0.188. The first-order valence-corrected chi connectivity index (χ1v) is 6.80. The third-order valence-electron chi connectivity index (χ3n) is 2.70. The highest BCUT2D eigenvalue weighted by atomic mass is 16.5. The van der Waals surface area contributed by atoms with Crippen LogP contribution in [0.2, 0.25) is 0 Å². The Balaban J connectivity index is 1.96. The van der Waals surface area contributed by atoms with Gasteiger partial charge in [0.05, 0.1) is 17.9 Å². The normalized spacial score (nSPS) is 9.86. The Kier molecular flexibility index (Phi) is 5.48. The summed E-state index contributed by atoms with van der Waals surface area (Å²) in [6, 6.07) is 11.8. The summed E-state index contributed by atoms with van der Waals surface area (Å²) in [5, 5.41) is 2.53. The van der Waals surface area contributed by atoms with Gasteiger partial charge in [0.2, 0.25) is 0 Å². The predicted molar refractivity (Wildman–Crippen MR) is 80.4 cm³/mol. The molecule has 0 spiro atoms. The van der Waals surface area contributed by atoms with Gasteiger partial charge in [-0.3, -0.25) is 10.3 Å². The van der Waals surface area contributed by atoms with Crippen molar-refractivity contribution in [3.63, 3.8) is 0 Å². The van der Waals surface area contributed by atoms with Crippen LogP contribution in [0.25, 0.3) is 0 Å². The molecule has 0 aliphatic carbocycles. The summed E-state index contributed by atoms with van der Waals surface area (Å²) in [7, 11) is 0. The lowest BCUT2D eigenvalue weighted by Crippen LogP contribution is -2.14. The molecule has 0 atom stereocenters. The largest absolute Gasteiger partial charge is 0.456 e. The lowest BCUT2D eigenvalue weighted by atomic mass is 10.2. The SMILES string of the molecule is CCOC(=O)Nc1cccc(C(=O)OCc2ccccn2)c1. The minimum Gasteiger partial charge on any atom is -0.456 e. The van der Waals surface area contributed by atoms with Crippen molar-refractivity contribution in [2.45, 2.75) is 13.5 Å². The molecule has 0 bridgehead atoms. The molecule has 0 aliphatic heterocycles. The maximum absolute atomic E-state index is 12.0. The molecule has 1 aromatic heterocycles. The van der Waals surface area contributed by atoms with Gasteiger partial charge in [-0.1, -0.05) is 12.1 Å². The Labute approximate surface area is 128 Å². The van der Waals surface area contributed by atoms with Crippen LogP contribution in [-0.2, 0) is 16.1 Å². The van der Waals surface area contributed by atoms with Gasteiger partial charge in [-0.2, -0.15) is 0 Å². The number of nitrogens with one attached hydrogen (secondary N) is 1. The van der Waals surface area contributed by atoms with Crippen LogP contribution in [0, 0.1) is 0 Å². The highest BCUT2D eigenvalue weighted by molar-refractivity contribution is 5.92. The number of nitrogens with zero attached hydrogens (tertiary/aromatic N) is 1. The monoisotopic (exact) mass is 300 g/mol. The molecule has 0 radical (unpaired) electrons. The number of ether oxygens (including phenoxy) is 2. The first-order valence-electron chi connectivity index (χ1n) is 6.80. The lowest BCUT2D eigenvalue weighted by Gasteiger charge is -2.07. The lowest BCUT2D eigenvalue weighted by molar-refractivity contribution is 0.0467. The number of carbonyl (C=O) groups is 2. The molecule has 2 aromatic rings. The van der Waals surface area contributed by atoms with Gasteiger partial charge in [0.25, 0.3) is 0 Å². The zero-order valence-electron chi connectivity index (χ0n) is 12.1. The number of amides is 1. The summed E-state index contributed by atoms with van der Waals surface area (Å²) >= 11 is 0. The molecule has 0 saturated heterocycles. The van der Waals surface area contributed by atoms with Crippen molar-refractivity contribution in [2.24, 2.45) is 0 Å². The quantitative estimate of drug-likeness (QED) is 0.859. The Hall–Kier alpha value is -2.89. The summed E-state index contributed by atoms with van der Waals surface area (Å²) in [5.74, 6) is -0.488. The van der Waals surface area contributed by atoms with Gasteiger partial charge in [-0.05, 0) is 37.3 Å². The summed E-state index contributed by atoms with van der Waals surface area (Å²) in [6.07, 6.45) is 1.06. The number of benzene rings is 1. The number of aromatic nitrogens is 1. The minimum absolute atomic E-state index is 0.0925. The molecule has 1 amide bonds. The topological polar surface area (TPSA) is 77.5 Å². The second kappa shape index (κ2) is 7.78. The Bertz CT molecular complexity index is 644. The molecule has 2 rings (SSSR count). The maximum Gasteiger partial charge on any atom is 0.411 e. The van der Waals surface area contributed by atoms with E-state index in [1.165, 1.54) is 6.07 Å². The van der Waals surface area contributed by atoms with Crippen molar-refractivity contribution < 1.29 is 19.1 Å². The van der Waals surface area contributed by atoms with Crippen LogP contribution in [0.3, 0.4) is 0 Å². The van der Waals surface area contributed by atoms with E-state index in [0.29, 0.717) is 16.9 Å². The fourth-order valence-corrected chi connectivity index (χ4v) is 1.72. The number of pyridine rings is 1. The number of esters is 1. The first kappa shape index (κ1) is 15.5. The van der Waals surface area contributed by atoms with E-state index in [2.05, 4.69) is 10.3 Å². The number of anilines is 1. The highest BCUT2D eigenvalue weighted by Gasteiger charge is 2.10. The van der Waals surface area contributed by atoms with Crippen LogP contribution in [0.4, 0.5) is 10.5 Å². The standard InChI is InChI=1S/C16H16N2O4/c1-2-21-16(20)18-13-8-5-6-12(10-13)15(19)22-11-14-7-3-4-9-17-14/h3-10H,2,11H2,1H3,(H,18,20). The summed E-state index contributed by atoms with van der Waals surface area (Å²) in [6.45, 7) is 2.08. The van der Waals surface area contributed by atoms with Crippen LogP contribution in [0.15, 0.2) is 48.7 Å². The van der Waals surface area contributed by atoms with E-state index in [9.17, 15) is 9.59 Å². The van der Waals surface area contributed by atoms with E-state index in [4.69, 9.17) is 9.47 Å². The van der Waals surface area contributed by atoms with Gasteiger partial charge >= 0.3 is 12.1 Å². The summed E-state index contributed by atoms with van der Waals surface area (Å²) in [4.78, 5) is 27.4. The van der Waals surface area contributed by atoms with E-state index in [1.807, 2.05) is 6.07 Å².